The first kappa shape index (κ1) is 16.8. The zero-order chi connectivity index (χ0) is 16.3. The van der Waals surface area contributed by atoms with E-state index in [2.05, 4.69) is 10.4 Å². The second kappa shape index (κ2) is 7.13. The highest BCUT2D eigenvalue weighted by atomic mass is 35.5. The van der Waals surface area contributed by atoms with Crippen molar-refractivity contribution in [2.24, 2.45) is 7.05 Å². The Balaban J connectivity index is 1.91. The van der Waals surface area contributed by atoms with Gasteiger partial charge in [0, 0.05) is 24.2 Å². The molecule has 1 aromatic heterocycles. The summed E-state index contributed by atoms with van der Waals surface area (Å²) >= 11 is 11.9. The number of aryl methyl sites for hydroxylation is 2. The van der Waals surface area contributed by atoms with E-state index in [0.717, 1.165) is 5.69 Å². The number of aromatic nitrogens is 2. The number of carbonyl (C=O) groups excluding carboxylic acids is 1. The molecule has 5 nitrogen and oxygen atoms in total. The molecule has 0 radical (unpaired) electrons. The molecule has 1 atom stereocenters. The fourth-order valence-electron chi connectivity index (χ4n) is 2.11. The van der Waals surface area contributed by atoms with Crippen molar-refractivity contribution >= 4 is 29.1 Å². The van der Waals surface area contributed by atoms with E-state index in [9.17, 15) is 9.90 Å². The van der Waals surface area contributed by atoms with Crippen LogP contribution < -0.4 is 5.32 Å². The first-order chi connectivity index (χ1) is 10.4. The number of aliphatic hydroxyl groups excluding tert-OH is 1. The molecular formula is C15H17Cl2N3O2. The van der Waals surface area contributed by atoms with Gasteiger partial charge in [-0.25, -0.2) is 0 Å². The van der Waals surface area contributed by atoms with Crippen molar-refractivity contribution in [2.45, 2.75) is 19.4 Å². The molecule has 1 amide bonds. The summed E-state index contributed by atoms with van der Waals surface area (Å²) in [5.74, 6) is -0.217. The van der Waals surface area contributed by atoms with Crippen LogP contribution in [0.4, 0.5) is 0 Å². The van der Waals surface area contributed by atoms with E-state index in [1.54, 1.807) is 38.2 Å². The summed E-state index contributed by atoms with van der Waals surface area (Å²) in [4.78, 5) is 12.0. The zero-order valence-electron chi connectivity index (χ0n) is 12.3. The van der Waals surface area contributed by atoms with Crippen LogP contribution in [0, 0.1) is 6.92 Å². The van der Waals surface area contributed by atoms with Gasteiger partial charge in [-0.2, -0.15) is 5.10 Å². The van der Waals surface area contributed by atoms with E-state index < -0.39 is 6.10 Å². The predicted molar refractivity (Wildman–Crippen MR) is 86.1 cm³/mol. The van der Waals surface area contributed by atoms with Crippen molar-refractivity contribution in [2.75, 3.05) is 6.54 Å². The highest BCUT2D eigenvalue weighted by Crippen LogP contribution is 2.19. The second-order valence-electron chi connectivity index (χ2n) is 5.03. The first-order valence-electron chi connectivity index (χ1n) is 6.76. The van der Waals surface area contributed by atoms with Crippen molar-refractivity contribution in [3.05, 3.63) is 51.3 Å². The van der Waals surface area contributed by atoms with Crippen molar-refractivity contribution in [1.82, 2.24) is 15.1 Å². The molecule has 118 valence electrons. The Morgan fingerprint density at radius 2 is 2.00 bits per heavy atom. The molecule has 2 aromatic rings. The Bertz CT molecular complexity index is 668. The lowest BCUT2D eigenvalue weighted by Gasteiger charge is -2.12. The van der Waals surface area contributed by atoms with Crippen LogP contribution in [0.2, 0.25) is 10.2 Å². The number of nitrogens with one attached hydrogen (secondary N) is 1. The maximum atomic E-state index is 12.0. The summed E-state index contributed by atoms with van der Waals surface area (Å²) in [6.45, 7) is 1.93. The molecule has 0 aliphatic carbocycles. The minimum Gasteiger partial charge on any atom is -0.387 e. The van der Waals surface area contributed by atoms with Crippen molar-refractivity contribution in [1.29, 1.82) is 0 Å². The summed E-state index contributed by atoms with van der Waals surface area (Å²) < 4.78 is 1.53. The lowest BCUT2D eigenvalue weighted by Crippen LogP contribution is -2.29. The summed E-state index contributed by atoms with van der Waals surface area (Å²) in [7, 11) is 1.72. The average Bonchev–Trinajstić information content (AvgIpc) is 2.72. The Labute approximate surface area is 138 Å². The van der Waals surface area contributed by atoms with Gasteiger partial charge in [0.1, 0.15) is 5.15 Å². The molecule has 0 aliphatic heterocycles. The van der Waals surface area contributed by atoms with Crippen LogP contribution in [-0.2, 0) is 18.3 Å². The van der Waals surface area contributed by atoms with Crippen molar-refractivity contribution in [3.63, 3.8) is 0 Å². The summed E-state index contributed by atoms with van der Waals surface area (Å²) in [6, 6.07) is 6.84. The van der Waals surface area contributed by atoms with Gasteiger partial charge in [0.05, 0.1) is 18.2 Å². The number of carbonyl (C=O) groups is 1. The van der Waals surface area contributed by atoms with Gasteiger partial charge in [0.2, 0.25) is 5.91 Å². The molecular weight excluding hydrogens is 325 g/mol. The normalized spacial score (nSPS) is 12.2. The van der Waals surface area contributed by atoms with E-state index in [-0.39, 0.29) is 18.9 Å². The Morgan fingerprint density at radius 3 is 2.55 bits per heavy atom. The number of hydrogen-bond donors (Lipinski definition) is 2. The number of nitrogens with zero attached hydrogens (tertiary/aromatic N) is 2. The van der Waals surface area contributed by atoms with Gasteiger partial charge in [-0.3, -0.25) is 9.48 Å². The molecule has 0 spiro atoms. The third-order valence-corrected chi connectivity index (χ3v) is 4.08. The number of hydrogen-bond acceptors (Lipinski definition) is 3. The molecule has 0 saturated heterocycles. The number of benzene rings is 1. The molecule has 0 aliphatic rings. The van der Waals surface area contributed by atoms with E-state index in [1.165, 1.54) is 4.68 Å². The zero-order valence-corrected chi connectivity index (χ0v) is 13.8. The lowest BCUT2D eigenvalue weighted by atomic mass is 10.1. The van der Waals surface area contributed by atoms with Gasteiger partial charge in [0.25, 0.3) is 0 Å². The quantitative estimate of drug-likeness (QED) is 0.877. The van der Waals surface area contributed by atoms with Gasteiger partial charge in [-0.05, 0) is 24.6 Å². The van der Waals surface area contributed by atoms with Crippen LogP contribution in [0.3, 0.4) is 0 Å². The highest BCUT2D eigenvalue weighted by molar-refractivity contribution is 6.30. The summed E-state index contributed by atoms with van der Waals surface area (Å²) in [5.41, 5.74) is 2.11. The maximum Gasteiger partial charge on any atom is 0.224 e. The molecule has 0 saturated carbocycles. The largest absolute Gasteiger partial charge is 0.387 e. The van der Waals surface area contributed by atoms with Crippen LogP contribution in [0.1, 0.15) is 22.9 Å². The minimum atomic E-state index is -0.785. The van der Waals surface area contributed by atoms with E-state index in [0.29, 0.717) is 21.3 Å². The van der Waals surface area contributed by atoms with Crippen molar-refractivity contribution < 1.29 is 9.90 Å². The maximum absolute atomic E-state index is 12.0. The average molecular weight is 342 g/mol. The summed E-state index contributed by atoms with van der Waals surface area (Å²) in [6.07, 6.45) is -0.655. The Kier molecular flexibility index (Phi) is 5.45. The van der Waals surface area contributed by atoms with Gasteiger partial charge in [0.15, 0.2) is 0 Å². The second-order valence-corrected chi connectivity index (χ2v) is 5.82. The number of amides is 1. The monoisotopic (exact) mass is 341 g/mol. The summed E-state index contributed by atoms with van der Waals surface area (Å²) in [5, 5.41) is 17.9. The van der Waals surface area contributed by atoms with E-state index >= 15 is 0 Å². The number of halogens is 2. The predicted octanol–water partition coefficient (Wildman–Crippen LogP) is 2.43. The minimum absolute atomic E-state index is 0.122. The Hall–Kier alpha value is -1.56. The fraction of sp³-hybridized carbons (Fsp3) is 0.333. The smallest absolute Gasteiger partial charge is 0.224 e. The molecule has 2 rings (SSSR count). The van der Waals surface area contributed by atoms with Crippen LogP contribution in [0.15, 0.2) is 24.3 Å². The SMILES string of the molecule is Cc1nn(C)c(Cl)c1CC(=O)NCC(O)c1ccc(Cl)cc1. The third-order valence-electron chi connectivity index (χ3n) is 3.35. The molecule has 0 fully saturated rings. The molecule has 0 bridgehead atoms. The van der Waals surface area contributed by atoms with Gasteiger partial charge in [-0.1, -0.05) is 35.3 Å². The lowest BCUT2D eigenvalue weighted by molar-refractivity contribution is -0.120. The third kappa shape index (κ3) is 4.00. The van der Waals surface area contributed by atoms with Crippen molar-refractivity contribution in [3.8, 4) is 0 Å². The Morgan fingerprint density at radius 1 is 1.36 bits per heavy atom. The molecule has 1 aromatic carbocycles. The molecule has 1 unspecified atom stereocenters. The number of rotatable bonds is 5. The fourth-order valence-corrected chi connectivity index (χ4v) is 2.48. The van der Waals surface area contributed by atoms with E-state index in [4.69, 9.17) is 23.2 Å². The first-order valence-corrected chi connectivity index (χ1v) is 7.52. The van der Waals surface area contributed by atoms with Crippen LogP contribution >= 0.6 is 23.2 Å². The molecule has 2 N–H and O–H groups in total. The van der Waals surface area contributed by atoms with Gasteiger partial charge >= 0.3 is 0 Å². The topological polar surface area (TPSA) is 67.2 Å². The molecule has 7 heteroatoms. The van der Waals surface area contributed by atoms with Gasteiger partial charge in [-0.15, -0.1) is 0 Å². The van der Waals surface area contributed by atoms with Crippen LogP contribution in [-0.4, -0.2) is 27.3 Å². The number of aliphatic hydroxyl groups is 1. The molecule has 22 heavy (non-hydrogen) atoms. The highest BCUT2D eigenvalue weighted by Gasteiger charge is 2.16. The standard InChI is InChI=1S/C15H17Cl2N3O2/c1-9-12(15(17)20(2)19-9)7-14(22)18-8-13(21)10-3-5-11(16)6-4-10/h3-6,13,21H,7-8H2,1-2H3,(H,18,22). The van der Waals surface area contributed by atoms with Crippen LogP contribution in [0.25, 0.3) is 0 Å². The van der Waals surface area contributed by atoms with E-state index in [1.807, 2.05) is 0 Å². The van der Waals surface area contributed by atoms with Gasteiger partial charge < -0.3 is 10.4 Å². The molecule has 1 heterocycles. The van der Waals surface area contributed by atoms with Crippen LogP contribution in [0.5, 0.6) is 0 Å².